The van der Waals surface area contributed by atoms with Gasteiger partial charge in [-0.1, -0.05) is 11.6 Å². The molecule has 12 heavy (non-hydrogen) atoms. The van der Waals surface area contributed by atoms with Gasteiger partial charge in [-0.25, -0.2) is 0 Å². The third kappa shape index (κ3) is 2.05. The highest BCUT2D eigenvalue weighted by Crippen LogP contribution is 2.15. The standard InChI is InChI=1S/C9H10ClNO/c1-6(7(2)12)9-4-3-8(10)5-11-9/h3-6H,1-2H3. The summed E-state index contributed by atoms with van der Waals surface area (Å²) < 4.78 is 0. The SMILES string of the molecule is CC(=O)C(C)c1ccc(Cl)cn1. The zero-order valence-electron chi connectivity index (χ0n) is 7.04. The number of carbonyl (C=O) groups excluding carboxylic acids is 1. The minimum absolute atomic E-state index is 0.116. The molecule has 0 bridgehead atoms. The molecule has 0 aliphatic carbocycles. The van der Waals surface area contributed by atoms with Gasteiger partial charge in [-0.05, 0) is 26.0 Å². The number of rotatable bonds is 2. The molecular weight excluding hydrogens is 174 g/mol. The fourth-order valence-electron chi connectivity index (χ4n) is 0.852. The van der Waals surface area contributed by atoms with E-state index in [0.29, 0.717) is 5.02 Å². The Labute approximate surface area is 76.6 Å². The Kier molecular flexibility index (Phi) is 2.82. The summed E-state index contributed by atoms with van der Waals surface area (Å²) in [4.78, 5) is 15.0. The van der Waals surface area contributed by atoms with Gasteiger partial charge in [0.1, 0.15) is 5.78 Å². The molecule has 64 valence electrons. The highest BCUT2D eigenvalue weighted by molar-refractivity contribution is 6.30. The molecule has 2 nitrogen and oxygen atoms in total. The molecule has 1 aromatic rings. The second-order valence-corrected chi connectivity index (χ2v) is 3.17. The highest BCUT2D eigenvalue weighted by Gasteiger charge is 2.10. The van der Waals surface area contributed by atoms with Crippen molar-refractivity contribution in [2.75, 3.05) is 0 Å². The average Bonchev–Trinajstić information content (AvgIpc) is 2.04. The average molecular weight is 184 g/mol. The van der Waals surface area contributed by atoms with Crippen molar-refractivity contribution in [3.63, 3.8) is 0 Å². The summed E-state index contributed by atoms with van der Waals surface area (Å²) in [6.07, 6.45) is 1.55. The van der Waals surface area contributed by atoms with E-state index in [1.54, 1.807) is 25.3 Å². The summed E-state index contributed by atoms with van der Waals surface area (Å²) in [5.74, 6) is -0.0212. The second kappa shape index (κ2) is 3.68. The van der Waals surface area contributed by atoms with Gasteiger partial charge in [-0.2, -0.15) is 0 Å². The van der Waals surface area contributed by atoms with Crippen LogP contribution in [-0.2, 0) is 4.79 Å². The molecule has 0 saturated carbocycles. The minimum atomic E-state index is -0.137. The maximum atomic E-state index is 11.0. The zero-order valence-corrected chi connectivity index (χ0v) is 7.80. The van der Waals surface area contributed by atoms with E-state index in [0.717, 1.165) is 5.69 Å². The zero-order chi connectivity index (χ0) is 9.14. The highest BCUT2D eigenvalue weighted by atomic mass is 35.5. The van der Waals surface area contributed by atoms with Gasteiger partial charge in [0.2, 0.25) is 0 Å². The normalized spacial score (nSPS) is 12.6. The van der Waals surface area contributed by atoms with E-state index >= 15 is 0 Å². The molecule has 1 heterocycles. The van der Waals surface area contributed by atoms with Crippen LogP contribution in [0.4, 0.5) is 0 Å². The lowest BCUT2D eigenvalue weighted by Gasteiger charge is -2.05. The number of hydrogen-bond acceptors (Lipinski definition) is 2. The molecule has 0 spiro atoms. The van der Waals surface area contributed by atoms with Crippen molar-refractivity contribution < 1.29 is 4.79 Å². The number of nitrogens with zero attached hydrogens (tertiary/aromatic N) is 1. The van der Waals surface area contributed by atoms with Crippen LogP contribution in [-0.4, -0.2) is 10.8 Å². The first kappa shape index (κ1) is 9.20. The molecule has 0 amide bonds. The van der Waals surface area contributed by atoms with Crippen LogP contribution in [0, 0.1) is 0 Å². The number of carbonyl (C=O) groups is 1. The molecule has 0 aromatic carbocycles. The molecule has 0 aliphatic rings. The van der Waals surface area contributed by atoms with Crippen LogP contribution in [0.5, 0.6) is 0 Å². The molecule has 0 N–H and O–H groups in total. The number of hydrogen-bond donors (Lipinski definition) is 0. The molecule has 3 heteroatoms. The van der Waals surface area contributed by atoms with Crippen molar-refractivity contribution in [3.05, 3.63) is 29.0 Å². The first-order chi connectivity index (χ1) is 5.61. The summed E-state index contributed by atoms with van der Waals surface area (Å²) in [5.41, 5.74) is 0.770. The van der Waals surface area contributed by atoms with E-state index in [1.807, 2.05) is 6.92 Å². The molecular formula is C9H10ClNO. The van der Waals surface area contributed by atoms with Crippen LogP contribution < -0.4 is 0 Å². The lowest BCUT2D eigenvalue weighted by atomic mass is 10.0. The number of pyridine rings is 1. The van der Waals surface area contributed by atoms with Crippen molar-refractivity contribution in [1.82, 2.24) is 4.98 Å². The van der Waals surface area contributed by atoms with Gasteiger partial charge in [-0.15, -0.1) is 0 Å². The van der Waals surface area contributed by atoms with Crippen molar-refractivity contribution in [2.45, 2.75) is 19.8 Å². The molecule has 1 unspecified atom stereocenters. The summed E-state index contributed by atoms with van der Waals surface area (Å²) in [5, 5.41) is 0.592. The van der Waals surface area contributed by atoms with Crippen molar-refractivity contribution in [3.8, 4) is 0 Å². The van der Waals surface area contributed by atoms with Crippen LogP contribution in [0.25, 0.3) is 0 Å². The Morgan fingerprint density at radius 3 is 2.67 bits per heavy atom. The van der Waals surface area contributed by atoms with Gasteiger partial charge in [-0.3, -0.25) is 9.78 Å². The maximum absolute atomic E-state index is 11.0. The largest absolute Gasteiger partial charge is 0.299 e. The second-order valence-electron chi connectivity index (χ2n) is 2.73. The van der Waals surface area contributed by atoms with Gasteiger partial charge in [0.05, 0.1) is 16.6 Å². The van der Waals surface area contributed by atoms with E-state index in [1.165, 1.54) is 0 Å². The molecule has 0 fully saturated rings. The number of ketones is 1. The van der Waals surface area contributed by atoms with E-state index in [-0.39, 0.29) is 11.7 Å². The Hall–Kier alpha value is -0.890. The van der Waals surface area contributed by atoms with Crippen LogP contribution >= 0.6 is 11.6 Å². The summed E-state index contributed by atoms with van der Waals surface area (Å²) in [6.45, 7) is 3.39. The van der Waals surface area contributed by atoms with E-state index < -0.39 is 0 Å². The van der Waals surface area contributed by atoms with Gasteiger partial charge < -0.3 is 0 Å². The molecule has 0 radical (unpaired) electrons. The Bertz CT molecular complexity index is 281. The molecule has 1 atom stereocenters. The summed E-state index contributed by atoms with van der Waals surface area (Å²) in [6, 6.07) is 3.51. The smallest absolute Gasteiger partial charge is 0.138 e. The van der Waals surface area contributed by atoms with Gasteiger partial charge in [0, 0.05) is 6.20 Å². The summed E-state index contributed by atoms with van der Waals surface area (Å²) >= 11 is 5.65. The van der Waals surface area contributed by atoms with Crippen LogP contribution in [0.1, 0.15) is 25.5 Å². The fourth-order valence-corrected chi connectivity index (χ4v) is 0.963. The minimum Gasteiger partial charge on any atom is -0.299 e. The predicted octanol–water partition coefficient (Wildman–Crippen LogP) is 2.43. The van der Waals surface area contributed by atoms with Crippen LogP contribution in [0.3, 0.4) is 0 Å². The van der Waals surface area contributed by atoms with E-state index in [9.17, 15) is 4.79 Å². The topological polar surface area (TPSA) is 30.0 Å². The van der Waals surface area contributed by atoms with Crippen molar-refractivity contribution in [1.29, 1.82) is 0 Å². The number of Topliss-reactive ketones (excluding diaryl/α,β-unsaturated/α-hetero) is 1. The van der Waals surface area contributed by atoms with Crippen LogP contribution in [0.2, 0.25) is 5.02 Å². The van der Waals surface area contributed by atoms with Gasteiger partial charge in [0.25, 0.3) is 0 Å². The molecule has 0 saturated heterocycles. The third-order valence-electron chi connectivity index (χ3n) is 1.80. The number of aromatic nitrogens is 1. The molecule has 1 aromatic heterocycles. The summed E-state index contributed by atoms with van der Waals surface area (Å²) in [7, 11) is 0. The molecule has 0 aliphatic heterocycles. The predicted molar refractivity (Wildman–Crippen MR) is 48.3 cm³/mol. The first-order valence-corrected chi connectivity index (χ1v) is 4.11. The molecule has 1 rings (SSSR count). The van der Waals surface area contributed by atoms with Crippen LogP contribution in [0.15, 0.2) is 18.3 Å². The maximum Gasteiger partial charge on any atom is 0.138 e. The quantitative estimate of drug-likeness (QED) is 0.705. The van der Waals surface area contributed by atoms with Crippen molar-refractivity contribution >= 4 is 17.4 Å². The van der Waals surface area contributed by atoms with Gasteiger partial charge >= 0.3 is 0 Å². The van der Waals surface area contributed by atoms with Crippen molar-refractivity contribution in [2.24, 2.45) is 0 Å². The number of halogens is 1. The lowest BCUT2D eigenvalue weighted by Crippen LogP contribution is -2.05. The third-order valence-corrected chi connectivity index (χ3v) is 2.03. The fraction of sp³-hybridized carbons (Fsp3) is 0.333. The lowest BCUT2D eigenvalue weighted by molar-refractivity contribution is -0.118. The van der Waals surface area contributed by atoms with E-state index in [2.05, 4.69) is 4.98 Å². The van der Waals surface area contributed by atoms with E-state index in [4.69, 9.17) is 11.6 Å². The first-order valence-electron chi connectivity index (χ1n) is 3.73. The van der Waals surface area contributed by atoms with Gasteiger partial charge in [0.15, 0.2) is 0 Å². The Morgan fingerprint density at radius 2 is 2.25 bits per heavy atom. The Morgan fingerprint density at radius 1 is 1.58 bits per heavy atom. The Balaban J connectivity index is 2.89. The monoisotopic (exact) mass is 183 g/mol.